The smallest absolute Gasteiger partial charge is 0.305 e. The second kappa shape index (κ2) is 6.66. The lowest BCUT2D eigenvalue weighted by Gasteiger charge is -2.28. The predicted molar refractivity (Wildman–Crippen MR) is 81.8 cm³/mol. The third kappa shape index (κ3) is 4.20. The molecule has 1 amide bonds. The van der Waals surface area contributed by atoms with Gasteiger partial charge in [-0.3, -0.25) is 9.59 Å². The maximum atomic E-state index is 12.6. The molecule has 0 radical (unpaired) electrons. The first-order chi connectivity index (χ1) is 10.3. The summed E-state index contributed by atoms with van der Waals surface area (Å²) in [6, 6.07) is 5.74. The first-order valence-electron chi connectivity index (χ1n) is 6.77. The van der Waals surface area contributed by atoms with Gasteiger partial charge in [0.15, 0.2) is 9.84 Å². The molecular weight excluding hydrogens is 330 g/mol. The molecule has 0 spiro atoms. The van der Waals surface area contributed by atoms with Gasteiger partial charge in [0.2, 0.25) is 0 Å². The zero-order chi connectivity index (χ0) is 16.3. The van der Waals surface area contributed by atoms with Gasteiger partial charge in [0.1, 0.15) is 0 Å². The maximum absolute atomic E-state index is 12.6. The van der Waals surface area contributed by atoms with Crippen molar-refractivity contribution in [3.8, 4) is 0 Å². The number of aliphatic carboxylic acids is 1. The van der Waals surface area contributed by atoms with Gasteiger partial charge in [0, 0.05) is 23.2 Å². The van der Waals surface area contributed by atoms with E-state index >= 15 is 0 Å². The van der Waals surface area contributed by atoms with Crippen LogP contribution in [0.1, 0.15) is 23.2 Å². The third-order valence-corrected chi connectivity index (χ3v) is 5.57. The summed E-state index contributed by atoms with van der Waals surface area (Å²) in [5.74, 6) is -1.50. The summed E-state index contributed by atoms with van der Waals surface area (Å²) >= 11 is 5.78. The highest BCUT2D eigenvalue weighted by Gasteiger charge is 2.35. The van der Waals surface area contributed by atoms with E-state index in [9.17, 15) is 18.0 Å². The van der Waals surface area contributed by atoms with E-state index in [2.05, 4.69) is 0 Å². The Morgan fingerprint density at radius 1 is 1.27 bits per heavy atom. The Labute approximate surface area is 133 Å². The van der Waals surface area contributed by atoms with Gasteiger partial charge in [-0.15, -0.1) is 0 Å². The van der Waals surface area contributed by atoms with Crippen molar-refractivity contribution in [2.24, 2.45) is 0 Å². The van der Waals surface area contributed by atoms with E-state index in [4.69, 9.17) is 16.7 Å². The van der Waals surface area contributed by atoms with E-state index in [0.29, 0.717) is 17.0 Å². The van der Waals surface area contributed by atoms with E-state index in [1.54, 1.807) is 24.3 Å². The first-order valence-corrected chi connectivity index (χ1v) is 8.97. The SMILES string of the molecule is O=C(O)CCN(C(=O)c1ccc(Cl)cc1)[C@H]1CCS(=O)(=O)C1. The summed E-state index contributed by atoms with van der Waals surface area (Å²) in [6.07, 6.45) is 0.108. The average molecular weight is 346 g/mol. The second-order valence-corrected chi connectivity index (χ2v) is 7.87. The van der Waals surface area contributed by atoms with Crippen LogP contribution in [0.2, 0.25) is 5.02 Å². The molecule has 1 aliphatic heterocycles. The molecule has 0 aliphatic carbocycles. The molecule has 1 aromatic carbocycles. The summed E-state index contributed by atoms with van der Waals surface area (Å²) < 4.78 is 23.2. The van der Waals surface area contributed by atoms with E-state index in [0.717, 1.165) is 0 Å². The average Bonchev–Trinajstić information content (AvgIpc) is 2.79. The van der Waals surface area contributed by atoms with E-state index in [1.807, 2.05) is 0 Å². The minimum absolute atomic E-state index is 0.0169. The molecule has 1 aliphatic rings. The molecule has 1 heterocycles. The molecule has 1 fully saturated rings. The van der Waals surface area contributed by atoms with Crippen molar-refractivity contribution in [2.75, 3.05) is 18.1 Å². The van der Waals surface area contributed by atoms with Crippen LogP contribution >= 0.6 is 11.6 Å². The fourth-order valence-corrected chi connectivity index (χ4v) is 4.30. The molecule has 8 heteroatoms. The Bertz CT molecular complexity index is 671. The molecule has 120 valence electrons. The lowest BCUT2D eigenvalue weighted by molar-refractivity contribution is -0.137. The first kappa shape index (κ1) is 16.8. The van der Waals surface area contributed by atoms with Crippen LogP contribution in [0, 0.1) is 0 Å². The normalized spacial score (nSPS) is 19.8. The molecule has 0 saturated carbocycles. The van der Waals surface area contributed by atoms with Crippen LogP contribution in [-0.4, -0.2) is 54.4 Å². The molecule has 22 heavy (non-hydrogen) atoms. The Balaban J connectivity index is 2.21. The standard InChI is InChI=1S/C14H16ClNO5S/c15-11-3-1-10(2-4-11)14(19)16(7-5-13(17)18)12-6-8-22(20,21)9-12/h1-4,12H,5-9H2,(H,17,18)/t12-/m0/s1. The topological polar surface area (TPSA) is 91.8 Å². The number of carbonyl (C=O) groups excluding carboxylic acids is 1. The molecule has 0 bridgehead atoms. The van der Waals surface area contributed by atoms with Crippen molar-refractivity contribution in [2.45, 2.75) is 18.9 Å². The van der Waals surface area contributed by atoms with Gasteiger partial charge in [0.05, 0.1) is 17.9 Å². The van der Waals surface area contributed by atoms with Crippen LogP contribution in [0.25, 0.3) is 0 Å². The monoisotopic (exact) mass is 345 g/mol. The molecule has 1 N–H and O–H groups in total. The van der Waals surface area contributed by atoms with Crippen LogP contribution < -0.4 is 0 Å². The molecule has 1 aromatic rings. The molecular formula is C14H16ClNO5S. The number of halogens is 1. The van der Waals surface area contributed by atoms with Gasteiger partial charge in [-0.25, -0.2) is 8.42 Å². The number of carboxylic acids is 1. The van der Waals surface area contributed by atoms with Crippen molar-refractivity contribution in [1.82, 2.24) is 4.90 Å². The van der Waals surface area contributed by atoms with Gasteiger partial charge in [-0.1, -0.05) is 11.6 Å². The predicted octanol–water partition coefficient (Wildman–Crippen LogP) is 1.44. The number of carbonyl (C=O) groups is 2. The Hall–Kier alpha value is -1.60. The number of rotatable bonds is 5. The summed E-state index contributed by atoms with van der Waals surface area (Å²) in [5, 5.41) is 9.31. The Kier molecular flexibility index (Phi) is 5.08. The Morgan fingerprint density at radius 3 is 2.41 bits per heavy atom. The zero-order valence-corrected chi connectivity index (χ0v) is 13.3. The molecule has 1 saturated heterocycles. The number of benzene rings is 1. The van der Waals surface area contributed by atoms with Gasteiger partial charge in [-0.05, 0) is 30.7 Å². The van der Waals surface area contributed by atoms with Crippen molar-refractivity contribution in [1.29, 1.82) is 0 Å². The number of amides is 1. The highest BCUT2D eigenvalue weighted by Crippen LogP contribution is 2.21. The Morgan fingerprint density at radius 2 is 1.91 bits per heavy atom. The second-order valence-electron chi connectivity index (χ2n) is 5.21. The molecule has 2 rings (SSSR count). The highest BCUT2D eigenvalue weighted by molar-refractivity contribution is 7.91. The van der Waals surface area contributed by atoms with Gasteiger partial charge in [-0.2, -0.15) is 0 Å². The van der Waals surface area contributed by atoms with Gasteiger partial charge < -0.3 is 10.0 Å². The lowest BCUT2D eigenvalue weighted by Crippen LogP contribution is -2.42. The fourth-order valence-electron chi connectivity index (χ4n) is 2.45. The van der Waals surface area contributed by atoms with Gasteiger partial charge >= 0.3 is 5.97 Å². The van der Waals surface area contributed by atoms with Crippen molar-refractivity contribution < 1.29 is 23.1 Å². The van der Waals surface area contributed by atoms with Crippen LogP contribution in [-0.2, 0) is 14.6 Å². The third-order valence-electron chi connectivity index (χ3n) is 3.57. The van der Waals surface area contributed by atoms with Crippen LogP contribution in [0.4, 0.5) is 0 Å². The number of sulfone groups is 1. The molecule has 0 unspecified atom stereocenters. The van der Waals surface area contributed by atoms with Crippen LogP contribution in [0.5, 0.6) is 0 Å². The fraction of sp³-hybridized carbons (Fsp3) is 0.429. The van der Waals surface area contributed by atoms with Crippen molar-refractivity contribution in [3.05, 3.63) is 34.9 Å². The lowest BCUT2D eigenvalue weighted by atomic mass is 10.1. The minimum atomic E-state index is -3.16. The molecule has 6 nitrogen and oxygen atoms in total. The number of hydrogen-bond donors (Lipinski definition) is 1. The van der Waals surface area contributed by atoms with E-state index in [-0.39, 0.29) is 30.4 Å². The zero-order valence-electron chi connectivity index (χ0n) is 11.7. The number of hydrogen-bond acceptors (Lipinski definition) is 4. The number of carboxylic acid groups (broad SMARTS) is 1. The van der Waals surface area contributed by atoms with Gasteiger partial charge in [0.25, 0.3) is 5.91 Å². The van der Waals surface area contributed by atoms with E-state index in [1.165, 1.54) is 4.90 Å². The van der Waals surface area contributed by atoms with E-state index < -0.39 is 21.8 Å². The van der Waals surface area contributed by atoms with Crippen LogP contribution in [0.3, 0.4) is 0 Å². The largest absolute Gasteiger partial charge is 0.481 e. The minimum Gasteiger partial charge on any atom is -0.481 e. The summed E-state index contributed by atoms with van der Waals surface area (Å²) in [4.78, 5) is 24.7. The molecule has 1 atom stereocenters. The highest BCUT2D eigenvalue weighted by atomic mass is 35.5. The number of nitrogens with zero attached hydrogens (tertiary/aromatic N) is 1. The maximum Gasteiger partial charge on any atom is 0.305 e. The summed E-state index contributed by atoms with van der Waals surface area (Å²) in [5.41, 5.74) is 0.360. The van der Waals surface area contributed by atoms with Crippen molar-refractivity contribution >= 4 is 33.3 Å². The summed E-state index contributed by atoms with van der Waals surface area (Å²) in [6.45, 7) is -0.0169. The van der Waals surface area contributed by atoms with Crippen molar-refractivity contribution in [3.63, 3.8) is 0 Å². The quantitative estimate of drug-likeness (QED) is 0.871. The molecule has 0 aromatic heterocycles. The van der Waals surface area contributed by atoms with Crippen LogP contribution in [0.15, 0.2) is 24.3 Å². The summed E-state index contributed by atoms with van der Waals surface area (Å²) in [7, 11) is -3.16.